The Kier molecular flexibility index (Phi) is 5.95. The van der Waals surface area contributed by atoms with Gasteiger partial charge in [0.2, 0.25) is 11.8 Å². The molecule has 1 aliphatic carbocycles. The molecule has 7 nitrogen and oxygen atoms in total. The molecule has 0 N–H and O–H groups in total. The summed E-state index contributed by atoms with van der Waals surface area (Å²) >= 11 is 6.19. The van der Waals surface area contributed by atoms with Gasteiger partial charge in [-0.15, -0.1) is 0 Å². The number of allylic oxidation sites excluding steroid dienone is 1. The van der Waals surface area contributed by atoms with Crippen molar-refractivity contribution in [2.75, 3.05) is 19.6 Å². The number of halogens is 2. The highest BCUT2D eigenvalue weighted by Gasteiger charge is 2.30. The standard InChI is InChI=1S/C24H27ClFN5O2/c1-14-23(15(2)31(29-14)12-16-4-3-5-16)17-8-21(26)28-22(9-17)33-18-6-7-30(13-18)19-10-27-11-20(32)24(19)25/h8-10,16,18H,3-7,11-13H2,1-2H3/t18-/m1/s1. The second-order valence-corrected chi connectivity index (χ2v) is 9.49. The summed E-state index contributed by atoms with van der Waals surface area (Å²) in [6, 6.07) is 3.22. The van der Waals surface area contributed by atoms with Crippen LogP contribution in [0.1, 0.15) is 37.1 Å². The topological polar surface area (TPSA) is 72.6 Å². The molecule has 2 fully saturated rings. The van der Waals surface area contributed by atoms with Crippen LogP contribution < -0.4 is 4.74 Å². The summed E-state index contributed by atoms with van der Waals surface area (Å²) in [6.07, 6.45) is 5.93. The summed E-state index contributed by atoms with van der Waals surface area (Å²) in [5.41, 5.74) is 4.18. The van der Waals surface area contributed by atoms with E-state index in [1.54, 1.807) is 12.3 Å². The molecule has 9 heteroatoms. The highest BCUT2D eigenvalue weighted by Crippen LogP contribution is 2.33. The summed E-state index contributed by atoms with van der Waals surface area (Å²) < 4.78 is 22.6. The number of carbonyl (C=O) groups excluding carboxylic acids is 1. The molecule has 2 aliphatic heterocycles. The minimum absolute atomic E-state index is 0.0855. The molecule has 1 atom stereocenters. The zero-order valence-corrected chi connectivity index (χ0v) is 19.6. The molecule has 33 heavy (non-hydrogen) atoms. The van der Waals surface area contributed by atoms with Crippen molar-refractivity contribution in [2.24, 2.45) is 10.9 Å². The van der Waals surface area contributed by atoms with E-state index in [4.69, 9.17) is 21.4 Å². The number of hydrogen-bond acceptors (Lipinski definition) is 6. The maximum atomic E-state index is 14.5. The number of rotatable bonds is 6. The highest BCUT2D eigenvalue weighted by atomic mass is 35.5. The predicted octanol–water partition coefficient (Wildman–Crippen LogP) is 4.06. The molecule has 2 aromatic rings. The molecule has 0 radical (unpaired) electrons. The number of carbonyl (C=O) groups is 1. The van der Waals surface area contributed by atoms with Gasteiger partial charge in [0, 0.05) is 49.1 Å². The maximum absolute atomic E-state index is 14.5. The van der Waals surface area contributed by atoms with Gasteiger partial charge in [-0.25, -0.2) is 0 Å². The third-order valence-corrected chi connectivity index (χ3v) is 7.19. The molecule has 1 saturated heterocycles. The number of aromatic nitrogens is 3. The second-order valence-electron chi connectivity index (χ2n) is 9.11. The van der Waals surface area contributed by atoms with Gasteiger partial charge in [-0.05, 0) is 38.2 Å². The molecule has 5 rings (SSSR count). The number of dihydropyridines is 1. The van der Waals surface area contributed by atoms with Crippen molar-refractivity contribution in [1.82, 2.24) is 19.7 Å². The third kappa shape index (κ3) is 4.40. The molecule has 0 bridgehead atoms. The van der Waals surface area contributed by atoms with Crippen LogP contribution in [-0.2, 0) is 11.3 Å². The Morgan fingerprint density at radius 2 is 2.06 bits per heavy atom. The fourth-order valence-corrected chi connectivity index (χ4v) is 5.04. The molecule has 174 valence electrons. The van der Waals surface area contributed by atoms with E-state index in [0.29, 0.717) is 31.1 Å². The van der Waals surface area contributed by atoms with E-state index in [0.717, 1.165) is 29.1 Å². The predicted molar refractivity (Wildman–Crippen MR) is 124 cm³/mol. The Bertz CT molecular complexity index is 1150. The van der Waals surface area contributed by atoms with Crippen LogP contribution in [0.4, 0.5) is 4.39 Å². The normalized spacial score (nSPS) is 21.2. The lowest BCUT2D eigenvalue weighted by Crippen LogP contribution is -2.28. The Morgan fingerprint density at radius 3 is 2.82 bits per heavy atom. The lowest BCUT2D eigenvalue weighted by Gasteiger charge is -2.25. The summed E-state index contributed by atoms with van der Waals surface area (Å²) in [6.45, 7) is 6.18. The fourth-order valence-electron chi connectivity index (χ4n) is 4.81. The first kappa shape index (κ1) is 22.1. The van der Waals surface area contributed by atoms with Crippen LogP contribution in [-0.4, -0.2) is 57.4 Å². The van der Waals surface area contributed by atoms with Gasteiger partial charge < -0.3 is 9.64 Å². The first-order valence-corrected chi connectivity index (χ1v) is 11.8. The number of Topliss-reactive ketones (excluding diaryl/α,β-unsaturated/α-hetero) is 1. The molecule has 2 aromatic heterocycles. The van der Waals surface area contributed by atoms with Crippen molar-refractivity contribution in [3.05, 3.63) is 40.2 Å². The zero-order chi connectivity index (χ0) is 23.1. The van der Waals surface area contributed by atoms with Crippen LogP contribution >= 0.6 is 11.6 Å². The first-order valence-electron chi connectivity index (χ1n) is 11.5. The zero-order valence-electron chi connectivity index (χ0n) is 18.9. The lowest BCUT2D eigenvalue weighted by molar-refractivity contribution is -0.113. The van der Waals surface area contributed by atoms with E-state index in [2.05, 4.69) is 9.98 Å². The Morgan fingerprint density at radius 1 is 1.24 bits per heavy atom. The van der Waals surface area contributed by atoms with Crippen molar-refractivity contribution >= 4 is 23.6 Å². The van der Waals surface area contributed by atoms with E-state index in [1.807, 2.05) is 23.4 Å². The van der Waals surface area contributed by atoms with E-state index in [-0.39, 0.29) is 29.3 Å². The molecule has 3 aliphatic rings. The Hall–Kier alpha value is -2.74. The van der Waals surface area contributed by atoms with E-state index >= 15 is 0 Å². The maximum Gasteiger partial charge on any atom is 0.216 e. The molecule has 1 saturated carbocycles. The molecule has 0 amide bonds. The van der Waals surface area contributed by atoms with Gasteiger partial charge >= 0.3 is 0 Å². The van der Waals surface area contributed by atoms with Crippen LogP contribution in [0.25, 0.3) is 11.1 Å². The molecule has 0 unspecified atom stereocenters. The van der Waals surface area contributed by atoms with Gasteiger partial charge in [-0.1, -0.05) is 18.0 Å². The molecule has 4 heterocycles. The molecular formula is C24H27ClFN5O2. The van der Waals surface area contributed by atoms with Gasteiger partial charge in [0.15, 0.2) is 5.78 Å². The third-order valence-electron chi connectivity index (χ3n) is 6.79. The van der Waals surface area contributed by atoms with Crippen LogP contribution in [0.3, 0.4) is 0 Å². The van der Waals surface area contributed by atoms with Crippen LogP contribution in [0.15, 0.2) is 27.9 Å². The van der Waals surface area contributed by atoms with Crippen molar-refractivity contribution in [3.8, 4) is 17.0 Å². The molecule has 0 spiro atoms. The number of ether oxygens (including phenoxy) is 1. The number of nitrogens with zero attached hydrogens (tertiary/aromatic N) is 5. The number of hydrogen-bond donors (Lipinski definition) is 0. The van der Waals surface area contributed by atoms with Gasteiger partial charge in [0.25, 0.3) is 0 Å². The highest BCUT2D eigenvalue weighted by molar-refractivity contribution is 6.44. The summed E-state index contributed by atoms with van der Waals surface area (Å²) in [7, 11) is 0. The lowest BCUT2D eigenvalue weighted by atomic mass is 9.85. The van der Waals surface area contributed by atoms with Gasteiger partial charge in [0.05, 0.1) is 17.9 Å². The van der Waals surface area contributed by atoms with Crippen molar-refractivity contribution < 1.29 is 13.9 Å². The quantitative estimate of drug-likeness (QED) is 0.594. The van der Waals surface area contributed by atoms with E-state index < -0.39 is 5.95 Å². The smallest absolute Gasteiger partial charge is 0.216 e. The number of aliphatic imine (C=N–C) groups is 1. The average molecular weight is 472 g/mol. The van der Waals surface area contributed by atoms with Crippen LogP contribution in [0.5, 0.6) is 5.88 Å². The Balaban J connectivity index is 1.33. The average Bonchev–Trinajstić information content (AvgIpc) is 3.30. The number of aryl methyl sites for hydroxylation is 1. The second kappa shape index (κ2) is 8.89. The van der Waals surface area contributed by atoms with Gasteiger partial charge in [0.1, 0.15) is 17.7 Å². The van der Waals surface area contributed by atoms with E-state index in [9.17, 15) is 9.18 Å². The number of ketones is 1. The van der Waals surface area contributed by atoms with Crippen molar-refractivity contribution in [2.45, 2.75) is 52.2 Å². The van der Waals surface area contributed by atoms with Crippen LogP contribution in [0.2, 0.25) is 0 Å². The largest absolute Gasteiger partial charge is 0.472 e. The van der Waals surface area contributed by atoms with E-state index in [1.165, 1.54) is 25.3 Å². The number of likely N-dealkylation sites (tertiary alicyclic amines) is 1. The molecular weight excluding hydrogens is 445 g/mol. The monoisotopic (exact) mass is 471 g/mol. The minimum Gasteiger partial charge on any atom is -0.472 e. The summed E-state index contributed by atoms with van der Waals surface area (Å²) in [5, 5.41) is 4.92. The fraction of sp³-hybridized carbons (Fsp3) is 0.500. The van der Waals surface area contributed by atoms with Crippen molar-refractivity contribution in [3.63, 3.8) is 0 Å². The number of pyridine rings is 1. The first-order chi connectivity index (χ1) is 15.9. The van der Waals surface area contributed by atoms with Crippen molar-refractivity contribution in [1.29, 1.82) is 0 Å². The molecule has 0 aromatic carbocycles. The Labute approximate surface area is 197 Å². The van der Waals surface area contributed by atoms with Gasteiger partial charge in [-0.2, -0.15) is 14.5 Å². The van der Waals surface area contributed by atoms with Gasteiger partial charge in [-0.3, -0.25) is 14.5 Å². The summed E-state index contributed by atoms with van der Waals surface area (Å²) in [4.78, 5) is 21.9. The SMILES string of the molecule is Cc1nn(CC2CCC2)c(C)c1-c1cc(F)nc(O[C@@H]2CCN(C3=C(Cl)C(=O)CN=C3)C2)c1. The summed E-state index contributed by atoms with van der Waals surface area (Å²) in [5.74, 6) is 0.162. The van der Waals surface area contributed by atoms with Crippen LogP contribution in [0, 0.1) is 25.7 Å². The minimum atomic E-state index is -0.585.